The number of rotatable bonds is 9. The van der Waals surface area contributed by atoms with Crippen LogP contribution in [-0.4, -0.2) is 41.5 Å². The van der Waals surface area contributed by atoms with Crippen LogP contribution in [0.2, 0.25) is 0 Å². The molecule has 31 heavy (non-hydrogen) atoms. The topological polar surface area (TPSA) is 75.7 Å². The van der Waals surface area contributed by atoms with Crippen molar-refractivity contribution in [1.82, 2.24) is 10.2 Å². The molecule has 0 bridgehead atoms. The molecule has 2 aromatic rings. The van der Waals surface area contributed by atoms with Crippen LogP contribution in [0.5, 0.6) is 0 Å². The molecule has 3 amide bonds. The van der Waals surface area contributed by atoms with E-state index in [1.54, 1.807) is 20.8 Å². The minimum absolute atomic E-state index is 0.178. The lowest BCUT2D eigenvalue weighted by atomic mass is 10.1. The van der Waals surface area contributed by atoms with Crippen LogP contribution in [0.1, 0.15) is 44.7 Å². The lowest BCUT2D eigenvalue weighted by molar-refractivity contribution is -0.144. The Morgan fingerprint density at radius 2 is 1.29 bits per heavy atom. The van der Waals surface area contributed by atoms with E-state index in [0.29, 0.717) is 25.9 Å². The number of benzene rings is 2. The van der Waals surface area contributed by atoms with Crippen molar-refractivity contribution in [3.63, 3.8) is 0 Å². The van der Waals surface area contributed by atoms with Gasteiger partial charge in [-0.2, -0.15) is 0 Å². The number of ether oxygens (including phenoxy) is 1. The van der Waals surface area contributed by atoms with Gasteiger partial charge in [0.15, 0.2) is 0 Å². The Hall–Kier alpha value is -3.15. The highest BCUT2D eigenvalue weighted by Crippen LogP contribution is 2.09. The molecular weight excluding hydrogens is 392 g/mol. The highest BCUT2D eigenvalue weighted by atomic mass is 16.6. The van der Waals surface area contributed by atoms with E-state index in [4.69, 9.17) is 4.74 Å². The molecular formula is C25H32N2O4. The summed E-state index contributed by atoms with van der Waals surface area (Å²) in [5.41, 5.74) is 1.20. The Morgan fingerprint density at radius 1 is 0.806 bits per heavy atom. The average molecular weight is 425 g/mol. The number of hydrogen-bond acceptors (Lipinski definition) is 4. The highest BCUT2D eigenvalue weighted by Gasteiger charge is 2.21. The molecule has 0 aliphatic heterocycles. The first-order chi connectivity index (χ1) is 14.7. The van der Waals surface area contributed by atoms with Gasteiger partial charge >= 0.3 is 6.09 Å². The minimum atomic E-state index is -0.547. The first-order valence-corrected chi connectivity index (χ1v) is 10.6. The van der Waals surface area contributed by atoms with Crippen molar-refractivity contribution >= 4 is 17.9 Å². The first kappa shape index (κ1) is 24.1. The second kappa shape index (κ2) is 11.9. The number of nitrogens with zero attached hydrogens (tertiary/aromatic N) is 1. The Kier molecular flexibility index (Phi) is 9.25. The van der Waals surface area contributed by atoms with Crippen molar-refractivity contribution in [1.29, 1.82) is 0 Å². The summed E-state index contributed by atoms with van der Waals surface area (Å²) in [6.45, 7) is 6.15. The molecule has 2 rings (SSSR count). The number of hydrogen-bond donors (Lipinski definition) is 1. The molecule has 1 N–H and O–H groups in total. The fourth-order valence-corrected chi connectivity index (χ4v) is 3.02. The molecule has 0 fully saturated rings. The summed E-state index contributed by atoms with van der Waals surface area (Å²) in [5.74, 6) is -0.431. The van der Waals surface area contributed by atoms with Crippen LogP contribution >= 0.6 is 0 Å². The van der Waals surface area contributed by atoms with Crippen LogP contribution in [0.15, 0.2) is 60.7 Å². The number of carbonyl (C=O) groups is 3. The fraction of sp³-hybridized carbons (Fsp3) is 0.400. The van der Waals surface area contributed by atoms with Gasteiger partial charge in [0, 0.05) is 13.1 Å². The third-order valence-corrected chi connectivity index (χ3v) is 4.48. The van der Waals surface area contributed by atoms with Gasteiger partial charge in [0.2, 0.25) is 11.8 Å². The summed E-state index contributed by atoms with van der Waals surface area (Å²) in [6.07, 6.45) is 1.11. The molecule has 0 aliphatic rings. The number of nitrogens with one attached hydrogen (secondary N) is 1. The maximum Gasteiger partial charge on any atom is 0.407 e. The van der Waals surface area contributed by atoms with Crippen LogP contribution in [0.3, 0.4) is 0 Å². The van der Waals surface area contributed by atoms with Crippen molar-refractivity contribution in [3.05, 3.63) is 71.8 Å². The quantitative estimate of drug-likeness (QED) is 0.614. The lowest BCUT2D eigenvalue weighted by Gasteiger charge is -2.22. The Balaban J connectivity index is 1.91. The third kappa shape index (κ3) is 9.47. The standard InChI is InChI=1S/C25H32N2O4/c1-25(2,3)31-24(30)26-16-10-11-17-27(22(28)18-20-12-6-4-7-13-20)23(29)19-21-14-8-5-9-15-21/h4-9,12-15H,10-11,16-19H2,1-3H3,(H,26,30). The molecule has 0 saturated carbocycles. The maximum atomic E-state index is 12.9. The van der Waals surface area contributed by atoms with Gasteiger partial charge in [-0.1, -0.05) is 60.7 Å². The first-order valence-electron chi connectivity index (χ1n) is 10.6. The summed E-state index contributed by atoms with van der Waals surface area (Å²) in [6, 6.07) is 18.8. The smallest absolute Gasteiger partial charge is 0.407 e. The number of imide groups is 1. The van der Waals surface area contributed by atoms with E-state index < -0.39 is 11.7 Å². The Bertz CT molecular complexity index is 791. The minimum Gasteiger partial charge on any atom is -0.444 e. The van der Waals surface area contributed by atoms with Crippen LogP contribution in [0.4, 0.5) is 4.79 Å². The molecule has 0 spiro atoms. The van der Waals surface area contributed by atoms with E-state index in [1.807, 2.05) is 60.7 Å². The van der Waals surface area contributed by atoms with Crippen LogP contribution in [0.25, 0.3) is 0 Å². The number of carbonyl (C=O) groups excluding carboxylic acids is 3. The zero-order chi connectivity index (χ0) is 22.7. The van der Waals surface area contributed by atoms with Crippen LogP contribution in [-0.2, 0) is 27.2 Å². The largest absolute Gasteiger partial charge is 0.444 e. The van der Waals surface area contributed by atoms with Crippen molar-refractivity contribution in [2.24, 2.45) is 0 Å². The van der Waals surface area contributed by atoms with Gasteiger partial charge in [0.1, 0.15) is 5.60 Å². The SMILES string of the molecule is CC(C)(C)OC(=O)NCCCCN(C(=O)Cc1ccccc1)C(=O)Cc1ccccc1. The number of amides is 3. The molecule has 6 nitrogen and oxygen atoms in total. The summed E-state index contributed by atoms with van der Waals surface area (Å²) in [7, 11) is 0. The predicted octanol–water partition coefficient (Wildman–Crippen LogP) is 4.13. The molecule has 0 aliphatic carbocycles. The second-order valence-corrected chi connectivity index (χ2v) is 8.40. The molecule has 0 aromatic heterocycles. The molecule has 0 heterocycles. The fourth-order valence-electron chi connectivity index (χ4n) is 3.02. The van der Waals surface area contributed by atoms with E-state index in [0.717, 1.165) is 11.1 Å². The number of unbranched alkanes of at least 4 members (excludes halogenated alkanes) is 1. The van der Waals surface area contributed by atoms with Gasteiger partial charge in [-0.05, 0) is 44.7 Å². The number of alkyl carbamates (subject to hydrolysis) is 1. The van der Waals surface area contributed by atoms with E-state index in [2.05, 4.69) is 5.32 Å². The van der Waals surface area contributed by atoms with Gasteiger partial charge in [0.25, 0.3) is 0 Å². The van der Waals surface area contributed by atoms with E-state index in [9.17, 15) is 14.4 Å². The summed E-state index contributed by atoms with van der Waals surface area (Å²) in [5, 5.41) is 2.70. The van der Waals surface area contributed by atoms with Crippen LogP contribution < -0.4 is 5.32 Å². The summed E-state index contributed by atoms with van der Waals surface area (Å²) < 4.78 is 5.21. The third-order valence-electron chi connectivity index (χ3n) is 4.48. The molecule has 166 valence electrons. The van der Waals surface area contributed by atoms with Crippen molar-refractivity contribution in [2.75, 3.05) is 13.1 Å². The normalized spacial score (nSPS) is 10.9. The van der Waals surface area contributed by atoms with E-state index in [-0.39, 0.29) is 24.7 Å². The second-order valence-electron chi connectivity index (χ2n) is 8.40. The van der Waals surface area contributed by atoms with Crippen molar-refractivity contribution in [3.8, 4) is 0 Å². The van der Waals surface area contributed by atoms with Gasteiger partial charge in [0.05, 0.1) is 12.8 Å². The highest BCUT2D eigenvalue weighted by molar-refractivity contribution is 5.97. The van der Waals surface area contributed by atoms with Crippen molar-refractivity contribution < 1.29 is 19.1 Å². The molecule has 2 aromatic carbocycles. The molecule has 0 unspecified atom stereocenters. The average Bonchev–Trinajstić information content (AvgIpc) is 2.70. The van der Waals surface area contributed by atoms with E-state index in [1.165, 1.54) is 4.90 Å². The van der Waals surface area contributed by atoms with Gasteiger partial charge in [-0.25, -0.2) is 4.79 Å². The predicted molar refractivity (Wildman–Crippen MR) is 120 cm³/mol. The van der Waals surface area contributed by atoms with E-state index >= 15 is 0 Å². The van der Waals surface area contributed by atoms with Gasteiger partial charge < -0.3 is 10.1 Å². The Morgan fingerprint density at radius 3 is 1.74 bits per heavy atom. The van der Waals surface area contributed by atoms with Gasteiger partial charge in [-0.3, -0.25) is 14.5 Å². The zero-order valence-electron chi connectivity index (χ0n) is 18.6. The Labute approximate surface area is 184 Å². The summed E-state index contributed by atoms with van der Waals surface area (Å²) >= 11 is 0. The van der Waals surface area contributed by atoms with Gasteiger partial charge in [-0.15, -0.1) is 0 Å². The molecule has 0 radical (unpaired) electrons. The lowest BCUT2D eigenvalue weighted by Crippen LogP contribution is -2.40. The molecule has 6 heteroatoms. The maximum absolute atomic E-state index is 12.9. The molecule has 0 atom stereocenters. The van der Waals surface area contributed by atoms with Crippen molar-refractivity contribution in [2.45, 2.75) is 52.1 Å². The monoisotopic (exact) mass is 424 g/mol. The summed E-state index contributed by atoms with van der Waals surface area (Å²) in [4.78, 5) is 38.8. The molecule has 0 saturated heterocycles. The zero-order valence-corrected chi connectivity index (χ0v) is 18.6. The van der Waals surface area contributed by atoms with Crippen LogP contribution in [0, 0.1) is 0 Å².